The molecule has 2 amide bonds. The van der Waals surface area contributed by atoms with Crippen molar-refractivity contribution in [1.29, 1.82) is 0 Å². The van der Waals surface area contributed by atoms with Crippen molar-refractivity contribution in [2.24, 2.45) is 11.7 Å². The van der Waals surface area contributed by atoms with Crippen LogP contribution < -0.4 is 21.1 Å². The molecule has 12 heteroatoms. The molecule has 1 atom stereocenters. The van der Waals surface area contributed by atoms with Crippen LogP contribution in [0, 0.1) is 5.92 Å². The van der Waals surface area contributed by atoms with Gasteiger partial charge in [0.05, 0.1) is 13.2 Å². The molecule has 1 saturated carbocycles. The van der Waals surface area contributed by atoms with Crippen LogP contribution in [0.15, 0.2) is 28.7 Å². The molecule has 2 aromatic heterocycles. The van der Waals surface area contributed by atoms with Crippen molar-refractivity contribution in [2.45, 2.75) is 57.9 Å². The van der Waals surface area contributed by atoms with Gasteiger partial charge in [0.15, 0.2) is 11.5 Å². The lowest BCUT2D eigenvalue weighted by molar-refractivity contribution is -0.141. The van der Waals surface area contributed by atoms with E-state index in [9.17, 15) is 22.8 Å². The van der Waals surface area contributed by atoms with E-state index in [0.717, 1.165) is 6.07 Å². The number of methoxy groups -OCH3 is 1. The van der Waals surface area contributed by atoms with Crippen molar-refractivity contribution in [3.05, 3.63) is 41.4 Å². The monoisotopic (exact) mass is 519 g/mol. The third kappa shape index (κ3) is 5.38. The smallest absolute Gasteiger partial charge is 0.433 e. The van der Waals surface area contributed by atoms with Crippen LogP contribution in [0.5, 0.6) is 5.75 Å². The summed E-state index contributed by atoms with van der Waals surface area (Å²) in [7, 11) is 1.33. The highest BCUT2D eigenvalue weighted by Crippen LogP contribution is 2.37. The van der Waals surface area contributed by atoms with Crippen molar-refractivity contribution in [2.75, 3.05) is 7.11 Å². The zero-order valence-electron chi connectivity index (χ0n) is 20.8. The third-order valence-electron chi connectivity index (χ3n) is 6.19. The normalized spacial score (nSPS) is 18.4. The summed E-state index contributed by atoms with van der Waals surface area (Å²) in [6, 6.07) is 4.31. The van der Waals surface area contributed by atoms with Crippen LogP contribution in [0.3, 0.4) is 0 Å². The number of carbonyl (C=O) groups is 2. The van der Waals surface area contributed by atoms with E-state index in [2.05, 4.69) is 20.6 Å². The summed E-state index contributed by atoms with van der Waals surface area (Å²) < 4.78 is 50.8. The first-order valence-electron chi connectivity index (χ1n) is 11.8. The van der Waals surface area contributed by atoms with E-state index in [-0.39, 0.29) is 52.5 Å². The number of nitrogens with zero attached hydrogens (tertiary/aromatic N) is 2. The fourth-order valence-corrected chi connectivity index (χ4v) is 4.09. The summed E-state index contributed by atoms with van der Waals surface area (Å²) in [5, 5.41) is 6.11. The van der Waals surface area contributed by atoms with E-state index < -0.39 is 23.8 Å². The van der Waals surface area contributed by atoms with Gasteiger partial charge in [-0.25, -0.2) is 9.97 Å². The molecular weight excluding hydrogens is 491 g/mol. The molecule has 2 heterocycles. The number of hydrogen-bond donors (Lipinski definition) is 3. The van der Waals surface area contributed by atoms with E-state index in [0.29, 0.717) is 23.8 Å². The third-order valence-corrected chi connectivity index (χ3v) is 6.19. The quantitative estimate of drug-likeness (QED) is 0.430. The Morgan fingerprint density at radius 3 is 2.35 bits per heavy atom. The van der Waals surface area contributed by atoms with Gasteiger partial charge in [0.2, 0.25) is 11.8 Å². The number of carbonyl (C=O) groups excluding carboxylic acids is 2. The van der Waals surface area contributed by atoms with Gasteiger partial charge in [-0.1, -0.05) is 13.8 Å². The van der Waals surface area contributed by atoms with E-state index in [1.807, 2.05) is 13.8 Å². The molecule has 3 aromatic rings. The summed E-state index contributed by atoms with van der Waals surface area (Å²) in [6.07, 6.45) is -3.47. The standard InChI is InChI=1S/C25H28F3N5O4/c1-11(2)22(34)30-13-9-14(10-13)31-23(35)20-21(12(3)29)37-24(33-20)16-5-7-17(36-4)19-15(16)6-8-18(32-19)25(26,27)28/h5-8,11-14H,9-10,29H2,1-4H3,(H,30,34)(H,31,35)/t12-,13?,14?/m0/s1. The molecule has 1 aliphatic carbocycles. The molecular formula is C25H28F3N5O4. The summed E-state index contributed by atoms with van der Waals surface area (Å²) in [5.41, 5.74) is 5.26. The topological polar surface area (TPSA) is 132 Å². The molecule has 1 aliphatic rings. The summed E-state index contributed by atoms with van der Waals surface area (Å²) in [6.45, 7) is 5.25. The van der Waals surface area contributed by atoms with Crippen LogP contribution in [0.1, 0.15) is 61.6 Å². The average molecular weight is 520 g/mol. The number of rotatable bonds is 7. The number of halogens is 3. The summed E-state index contributed by atoms with van der Waals surface area (Å²) in [5.74, 6) is -0.358. The second kappa shape index (κ2) is 10.0. The van der Waals surface area contributed by atoms with Crippen LogP contribution in [0.4, 0.5) is 13.2 Å². The number of hydrogen-bond acceptors (Lipinski definition) is 7. The maximum Gasteiger partial charge on any atom is 0.433 e. The van der Waals surface area contributed by atoms with Crippen LogP contribution in [0.25, 0.3) is 22.4 Å². The number of alkyl halides is 3. The van der Waals surface area contributed by atoms with E-state index >= 15 is 0 Å². The van der Waals surface area contributed by atoms with Crippen LogP contribution in [0.2, 0.25) is 0 Å². The number of aromatic nitrogens is 2. The fourth-order valence-electron chi connectivity index (χ4n) is 4.09. The highest BCUT2D eigenvalue weighted by Gasteiger charge is 2.35. The lowest BCUT2D eigenvalue weighted by atomic mass is 9.86. The number of nitrogens with two attached hydrogens (primary N) is 1. The fraction of sp³-hybridized carbons (Fsp3) is 0.440. The lowest BCUT2D eigenvalue weighted by Crippen LogP contribution is -2.54. The number of fused-ring (bicyclic) bond motifs is 1. The molecule has 0 aliphatic heterocycles. The van der Waals surface area contributed by atoms with Crippen molar-refractivity contribution in [1.82, 2.24) is 20.6 Å². The Bertz CT molecular complexity index is 1330. The predicted molar refractivity (Wildman–Crippen MR) is 129 cm³/mol. The molecule has 37 heavy (non-hydrogen) atoms. The molecule has 198 valence electrons. The van der Waals surface area contributed by atoms with Gasteiger partial charge < -0.3 is 25.5 Å². The molecule has 4 rings (SSSR count). The van der Waals surface area contributed by atoms with Crippen molar-refractivity contribution < 1.29 is 31.9 Å². The van der Waals surface area contributed by atoms with E-state index in [1.54, 1.807) is 13.0 Å². The number of nitrogens with one attached hydrogen (secondary N) is 2. The maximum absolute atomic E-state index is 13.3. The van der Waals surface area contributed by atoms with Gasteiger partial charge in [-0.3, -0.25) is 9.59 Å². The molecule has 1 aromatic carbocycles. The predicted octanol–water partition coefficient (Wildman–Crippen LogP) is 3.97. The van der Waals surface area contributed by atoms with Gasteiger partial charge in [0.25, 0.3) is 5.91 Å². The first kappa shape index (κ1) is 26.4. The summed E-state index contributed by atoms with van der Waals surface area (Å²) >= 11 is 0. The Morgan fingerprint density at radius 1 is 1.08 bits per heavy atom. The minimum atomic E-state index is -4.64. The molecule has 0 saturated heterocycles. The highest BCUT2D eigenvalue weighted by atomic mass is 19.4. The average Bonchev–Trinajstić information content (AvgIpc) is 3.26. The van der Waals surface area contributed by atoms with Crippen molar-refractivity contribution in [3.8, 4) is 17.2 Å². The van der Waals surface area contributed by atoms with Crippen LogP contribution >= 0.6 is 0 Å². The first-order chi connectivity index (χ1) is 17.4. The number of ether oxygens (including phenoxy) is 1. The SMILES string of the molecule is COc1ccc(-c2nc(C(=O)NC3CC(NC(=O)C(C)C)C3)c([C@H](C)N)o2)c2ccc(C(F)(F)F)nc12. The maximum atomic E-state index is 13.3. The molecule has 9 nitrogen and oxygen atoms in total. The van der Waals surface area contributed by atoms with Gasteiger partial charge in [0, 0.05) is 29.0 Å². The number of pyridine rings is 1. The Hall–Kier alpha value is -3.67. The molecule has 0 unspecified atom stereocenters. The zero-order valence-corrected chi connectivity index (χ0v) is 20.8. The Morgan fingerprint density at radius 2 is 1.76 bits per heavy atom. The summed E-state index contributed by atoms with van der Waals surface area (Å²) in [4.78, 5) is 33.0. The van der Waals surface area contributed by atoms with E-state index in [1.165, 1.54) is 19.2 Å². The van der Waals surface area contributed by atoms with E-state index in [4.69, 9.17) is 14.9 Å². The van der Waals surface area contributed by atoms with Gasteiger partial charge in [0.1, 0.15) is 17.0 Å². The number of benzene rings is 1. The first-order valence-corrected chi connectivity index (χ1v) is 11.8. The van der Waals surface area contributed by atoms with Gasteiger partial charge in [-0.15, -0.1) is 0 Å². The number of amides is 2. The lowest BCUT2D eigenvalue weighted by Gasteiger charge is -2.36. The van der Waals surface area contributed by atoms with Gasteiger partial charge in [-0.2, -0.15) is 13.2 Å². The zero-order chi connectivity index (χ0) is 27.1. The van der Waals surface area contributed by atoms with Crippen molar-refractivity contribution >= 4 is 22.7 Å². The van der Waals surface area contributed by atoms with Crippen molar-refractivity contribution in [3.63, 3.8) is 0 Å². The second-order valence-electron chi connectivity index (χ2n) is 9.43. The molecule has 0 spiro atoms. The Balaban J connectivity index is 1.62. The minimum Gasteiger partial charge on any atom is -0.494 e. The molecule has 4 N–H and O–H groups in total. The van der Waals surface area contributed by atoms with Gasteiger partial charge in [-0.05, 0) is 44.0 Å². The van der Waals surface area contributed by atoms with Gasteiger partial charge >= 0.3 is 6.18 Å². The molecule has 0 bridgehead atoms. The largest absolute Gasteiger partial charge is 0.494 e. The number of oxazole rings is 1. The Kier molecular flexibility index (Phi) is 7.13. The molecule has 1 fully saturated rings. The Labute approximate surface area is 211 Å². The minimum absolute atomic E-state index is 0.0106. The highest BCUT2D eigenvalue weighted by molar-refractivity contribution is 5.98. The second-order valence-corrected chi connectivity index (χ2v) is 9.43. The van der Waals surface area contributed by atoms with Crippen LogP contribution in [-0.2, 0) is 11.0 Å². The molecule has 0 radical (unpaired) electrons. The van der Waals surface area contributed by atoms with Crippen LogP contribution in [-0.4, -0.2) is 41.0 Å².